The lowest BCUT2D eigenvalue weighted by Crippen LogP contribution is -2.35. The van der Waals surface area contributed by atoms with Crippen LogP contribution in [0.5, 0.6) is 0 Å². The van der Waals surface area contributed by atoms with Crippen molar-refractivity contribution in [1.82, 2.24) is 4.90 Å². The molecule has 2 aliphatic carbocycles. The van der Waals surface area contributed by atoms with Gasteiger partial charge in [-0.1, -0.05) is 0 Å². The Labute approximate surface area is 130 Å². The Balaban J connectivity index is 1.65. The SMILES string of the molecule is CS(=O)(=O)CC1(CC(=O)N(Cc2ccsc2)C2CC2)CC1. The van der Waals surface area contributed by atoms with Crippen molar-refractivity contribution in [3.8, 4) is 0 Å². The van der Waals surface area contributed by atoms with Gasteiger partial charge in [0, 0.05) is 25.3 Å². The Hall–Kier alpha value is -0.880. The highest BCUT2D eigenvalue weighted by atomic mass is 32.2. The predicted octanol–water partition coefficient (Wildman–Crippen LogP) is 2.45. The van der Waals surface area contributed by atoms with Gasteiger partial charge in [-0.3, -0.25) is 4.79 Å². The second-order valence-corrected chi connectivity index (χ2v) is 9.55. The van der Waals surface area contributed by atoms with Gasteiger partial charge in [-0.15, -0.1) is 0 Å². The summed E-state index contributed by atoms with van der Waals surface area (Å²) >= 11 is 1.64. The van der Waals surface area contributed by atoms with Crippen LogP contribution in [0.1, 0.15) is 37.7 Å². The van der Waals surface area contributed by atoms with Crippen LogP contribution in [0.4, 0.5) is 0 Å². The van der Waals surface area contributed by atoms with Crippen LogP contribution in [-0.2, 0) is 21.2 Å². The maximum absolute atomic E-state index is 12.6. The van der Waals surface area contributed by atoms with Crippen LogP contribution >= 0.6 is 11.3 Å². The Kier molecular flexibility index (Phi) is 3.86. The minimum absolute atomic E-state index is 0.129. The maximum atomic E-state index is 12.6. The third-order valence-electron chi connectivity index (χ3n) is 4.29. The molecule has 3 rings (SSSR count). The number of hydrogen-bond donors (Lipinski definition) is 0. The van der Waals surface area contributed by atoms with Gasteiger partial charge >= 0.3 is 0 Å². The number of carbonyl (C=O) groups is 1. The van der Waals surface area contributed by atoms with E-state index >= 15 is 0 Å². The van der Waals surface area contributed by atoms with Gasteiger partial charge in [-0.2, -0.15) is 11.3 Å². The van der Waals surface area contributed by atoms with Crippen molar-refractivity contribution in [3.05, 3.63) is 22.4 Å². The molecule has 0 spiro atoms. The third-order valence-corrected chi connectivity index (χ3v) is 6.16. The Bertz CT molecular complexity index is 613. The first-order valence-electron chi connectivity index (χ1n) is 7.35. The molecule has 1 amide bonds. The van der Waals surface area contributed by atoms with Crippen molar-refractivity contribution in [1.29, 1.82) is 0 Å². The summed E-state index contributed by atoms with van der Waals surface area (Å²) < 4.78 is 23.0. The fraction of sp³-hybridized carbons (Fsp3) is 0.667. The summed E-state index contributed by atoms with van der Waals surface area (Å²) in [6.45, 7) is 0.669. The van der Waals surface area contributed by atoms with Crippen molar-refractivity contribution >= 4 is 27.1 Å². The molecule has 2 saturated carbocycles. The summed E-state index contributed by atoms with van der Waals surface area (Å²) in [5, 5.41) is 4.10. The van der Waals surface area contributed by atoms with Crippen LogP contribution in [0, 0.1) is 5.41 Å². The molecule has 0 radical (unpaired) electrons. The van der Waals surface area contributed by atoms with Gasteiger partial charge in [0.25, 0.3) is 0 Å². The van der Waals surface area contributed by atoms with Crippen LogP contribution < -0.4 is 0 Å². The van der Waals surface area contributed by atoms with Gasteiger partial charge < -0.3 is 4.90 Å². The van der Waals surface area contributed by atoms with Crippen LogP contribution in [0.25, 0.3) is 0 Å². The van der Waals surface area contributed by atoms with Gasteiger partial charge in [0.1, 0.15) is 9.84 Å². The molecule has 0 bridgehead atoms. The fourth-order valence-electron chi connectivity index (χ4n) is 2.91. The van der Waals surface area contributed by atoms with E-state index in [0.717, 1.165) is 25.7 Å². The highest BCUT2D eigenvalue weighted by Crippen LogP contribution is 2.50. The number of amides is 1. The summed E-state index contributed by atoms with van der Waals surface area (Å²) in [5.41, 5.74) is 0.903. The zero-order valence-corrected chi connectivity index (χ0v) is 13.9. The van der Waals surface area contributed by atoms with E-state index in [9.17, 15) is 13.2 Å². The van der Waals surface area contributed by atoms with Gasteiger partial charge in [-0.05, 0) is 53.5 Å². The number of thiophene rings is 1. The van der Waals surface area contributed by atoms with Crippen molar-refractivity contribution in [3.63, 3.8) is 0 Å². The van der Waals surface area contributed by atoms with E-state index in [1.165, 1.54) is 11.8 Å². The predicted molar refractivity (Wildman–Crippen MR) is 83.9 cm³/mol. The maximum Gasteiger partial charge on any atom is 0.223 e. The molecule has 0 saturated heterocycles. The van der Waals surface area contributed by atoms with Crippen molar-refractivity contribution in [2.45, 2.75) is 44.7 Å². The van der Waals surface area contributed by atoms with E-state index < -0.39 is 9.84 Å². The summed E-state index contributed by atoms with van der Waals surface area (Å²) in [4.78, 5) is 14.6. The number of carbonyl (C=O) groups excluding carboxylic acids is 1. The summed E-state index contributed by atoms with van der Waals surface area (Å²) in [5.74, 6) is 0.285. The van der Waals surface area contributed by atoms with Gasteiger partial charge in [-0.25, -0.2) is 8.42 Å². The second-order valence-electron chi connectivity index (χ2n) is 6.63. The summed E-state index contributed by atoms with van der Waals surface area (Å²) in [7, 11) is -3.01. The molecular weight excluding hydrogens is 306 g/mol. The number of hydrogen-bond acceptors (Lipinski definition) is 4. The lowest BCUT2D eigenvalue weighted by Gasteiger charge is -2.24. The lowest BCUT2D eigenvalue weighted by molar-refractivity contribution is -0.133. The fourth-order valence-corrected chi connectivity index (χ4v) is 5.08. The molecule has 0 aromatic carbocycles. The van der Waals surface area contributed by atoms with Crippen LogP contribution in [-0.4, -0.2) is 37.3 Å². The van der Waals surface area contributed by atoms with Gasteiger partial charge in [0.15, 0.2) is 0 Å². The average Bonchev–Trinajstić information content (AvgIpc) is 3.27. The number of sulfone groups is 1. The number of rotatable bonds is 7. The highest BCUT2D eigenvalue weighted by molar-refractivity contribution is 7.90. The molecule has 1 heterocycles. The topological polar surface area (TPSA) is 54.5 Å². The smallest absolute Gasteiger partial charge is 0.223 e. The van der Waals surface area contributed by atoms with Gasteiger partial charge in [0.05, 0.1) is 5.75 Å². The van der Waals surface area contributed by atoms with E-state index in [0.29, 0.717) is 19.0 Å². The normalized spacial score (nSPS) is 20.2. The van der Waals surface area contributed by atoms with E-state index in [1.54, 1.807) is 11.3 Å². The molecular formula is C15H21NO3S2. The molecule has 2 fully saturated rings. The first-order valence-corrected chi connectivity index (χ1v) is 10.4. The summed E-state index contributed by atoms with van der Waals surface area (Å²) in [6.07, 6.45) is 5.54. The Morgan fingerprint density at radius 3 is 2.62 bits per heavy atom. The molecule has 116 valence electrons. The molecule has 0 atom stereocenters. The zero-order chi connectivity index (χ0) is 15.1. The van der Waals surface area contributed by atoms with E-state index in [1.807, 2.05) is 10.3 Å². The molecule has 0 aliphatic heterocycles. The molecule has 0 unspecified atom stereocenters. The molecule has 21 heavy (non-hydrogen) atoms. The van der Waals surface area contributed by atoms with Crippen molar-refractivity contribution < 1.29 is 13.2 Å². The Morgan fingerprint density at radius 2 is 2.14 bits per heavy atom. The third kappa shape index (κ3) is 4.07. The molecule has 0 N–H and O–H groups in total. The molecule has 1 aromatic heterocycles. The van der Waals surface area contributed by atoms with E-state index in [-0.39, 0.29) is 17.1 Å². The monoisotopic (exact) mass is 327 g/mol. The van der Waals surface area contributed by atoms with Crippen LogP contribution in [0.3, 0.4) is 0 Å². The van der Waals surface area contributed by atoms with Crippen molar-refractivity contribution in [2.75, 3.05) is 12.0 Å². The van der Waals surface area contributed by atoms with Crippen LogP contribution in [0.2, 0.25) is 0 Å². The zero-order valence-electron chi connectivity index (χ0n) is 12.2. The van der Waals surface area contributed by atoms with E-state index in [4.69, 9.17) is 0 Å². The molecule has 1 aromatic rings. The lowest BCUT2D eigenvalue weighted by atomic mass is 10.0. The average molecular weight is 327 g/mol. The molecule has 4 nitrogen and oxygen atoms in total. The number of nitrogens with zero attached hydrogens (tertiary/aromatic N) is 1. The quantitative estimate of drug-likeness (QED) is 0.773. The van der Waals surface area contributed by atoms with Crippen LogP contribution in [0.15, 0.2) is 16.8 Å². The second kappa shape index (κ2) is 5.39. The van der Waals surface area contributed by atoms with Gasteiger partial charge in [0.2, 0.25) is 5.91 Å². The summed E-state index contributed by atoms with van der Waals surface area (Å²) in [6, 6.07) is 2.42. The standard InChI is InChI=1S/C15H21NO3S2/c1-21(18,19)11-15(5-6-15)8-14(17)16(13-2-3-13)9-12-4-7-20-10-12/h4,7,10,13H,2-3,5-6,8-9,11H2,1H3. The molecule has 6 heteroatoms. The minimum atomic E-state index is -3.01. The first kappa shape index (κ1) is 15.0. The first-order chi connectivity index (χ1) is 9.87. The Morgan fingerprint density at radius 1 is 1.43 bits per heavy atom. The largest absolute Gasteiger partial charge is 0.335 e. The minimum Gasteiger partial charge on any atom is -0.335 e. The van der Waals surface area contributed by atoms with Crippen molar-refractivity contribution in [2.24, 2.45) is 5.41 Å². The highest BCUT2D eigenvalue weighted by Gasteiger charge is 2.48. The molecule has 2 aliphatic rings. The van der Waals surface area contributed by atoms with E-state index in [2.05, 4.69) is 11.4 Å².